The van der Waals surface area contributed by atoms with E-state index in [4.69, 9.17) is 4.74 Å². The number of benzene rings is 2. The Morgan fingerprint density at radius 3 is 2.35 bits per heavy atom. The highest BCUT2D eigenvalue weighted by Gasteiger charge is 2.46. The minimum absolute atomic E-state index is 0.146. The van der Waals surface area contributed by atoms with E-state index in [1.807, 2.05) is 73.7 Å². The number of hydrogen-bond donors (Lipinski definition) is 1. The van der Waals surface area contributed by atoms with Crippen LogP contribution >= 0.6 is 0 Å². The number of carbonyl (C=O) groups is 2. The predicted molar refractivity (Wildman–Crippen MR) is 143 cm³/mol. The van der Waals surface area contributed by atoms with Crippen molar-refractivity contribution in [2.24, 2.45) is 0 Å². The molecule has 0 saturated carbocycles. The van der Waals surface area contributed by atoms with Crippen LogP contribution in [-0.4, -0.2) is 58.1 Å². The minimum Gasteiger partial charge on any atom is -0.438 e. The quantitative estimate of drug-likeness (QED) is 0.468. The maximum Gasteiger partial charge on any atom is 0.411 e. The summed E-state index contributed by atoms with van der Waals surface area (Å²) in [5.41, 5.74) is 1.98. The molecule has 0 unspecified atom stereocenters. The Hall–Kier alpha value is -3.71. The second-order valence-electron chi connectivity index (χ2n) is 10.6. The molecule has 0 radical (unpaired) electrons. The van der Waals surface area contributed by atoms with Gasteiger partial charge in [0, 0.05) is 39.0 Å². The molecular weight excluding hydrogens is 466 g/mol. The molecule has 2 heterocycles. The zero-order valence-corrected chi connectivity index (χ0v) is 22.1. The molecule has 1 aromatic heterocycles. The van der Waals surface area contributed by atoms with Gasteiger partial charge in [0.15, 0.2) is 0 Å². The van der Waals surface area contributed by atoms with E-state index in [2.05, 4.69) is 4.98 Å². The third kappa shape index (κ3) is 5.83. The summed E-state index contributed by atoms with van der Waals surface area (Å²) in [5, 5.41) is 10.6. The van der Waals surface area contributed by atoms with Crippen molar-refractivity contribution in [1.82, 2.24) is 14.8 Å². The van der Waals surface area contributed by atoms with Crippen LogP contribution in [0, 0.1) is 0 Å². The molecule has 3 aromatic rings. The Morgan fingerprint density at radius 1 is 1.08 bits per heavy atom. The van der Waals surface area contributed by atoms with Crippen molar-refractivity contribution in [2.75, 3.05) is 20.6 Å². The van der Waals surface area contributed by atoms with E-state index in [1.165, 1.54) is 4.90 Å². The van der Waals surface area contributed by atoms with Crippen LogP contribution in [0.15, 0.2) is 72.8 Å². The molecule has 7 heteroatoms. The van der Waals surface area contributed by atoms with Crippen molar-refractivity contribution in [3.63, 3.8) is 0 Å². The summed E-state index contributed by atoms with van der Waals surface area (Å²) in [6.45, 7) is 5.96. The number of carbonyl (C=O) groups excluding carboxylic acids is 2. The second-order valence-corrected chi connectivity index (χ2v) is 10.6. The standard InChI is InChI=1S/C30H35N3O4/c1-21(22-14-16-23(17-15-22)25-12-9-13-26(31-25)27(34)32(4)5)33-19-18-30(37-28(33)35,20-29(2,3)36)24-10-7-6-8-11-24/h6-17,21,36H,18-20H2,1-5H3/t21-,30-/m0/s1. The van der Waals surface area contributed by atoms with Crippen molar-refractivity contribution >= 4 is 12.0 Å². The highest BCUT2D eigenvalue weighted by Crippen LogP contribution is 2.42. The number of nitrogens with zero attached hydrogens (tertiary/aromatic N) is 3. The van der Waals surface area contributed by atoms with E-state index >= 15 is 0 Å². The Balaban J connectivity index is 1.52. The van der Waals surface area contributed by atoms with Gasteiger partial charge in [0.1, 0.15) is 11.3 Å². The lowest BCUT2D eigenvalue weighted by Gasteiger charge is -2.45. The maximum atomic E-state index is 13.3. The average molecular weight is 502 g/mol. The normalized spacial score (nSPS) is 18.8. The van der Waals surface area contributed by atoms with Crippen LogP contribution < -0.4 is 0 Å². The Bertz CT molecular complexity index is 1250. The van der Waals surface area contributed by atoms with E-state index in [1.54, 1.807) is 38.9 Å². The fourth-order valence-electron chi connectivity index (χ4n) is 4.95. The summed E-state index contributed by atoms with van der Waals surface area (Å²) < 4.78 is 6.12. The van der Waals surface area contributed by atoms with E-state index in [9.17, 15) is 14.7 Å². The van der Waals surface area contributed by atoms with Gasteiger partial charge >= 0.3 is 6.09 Å². The van der Waals surface area contributed by atoms with Crippen LogP contribution in [-0.2, 0) is 10.3 Å². The largest absolute Gasteiger partial charge is 0.438 e. The van der Waals surface area contributed by atoms with Gasteiger partial charge in [-0.2, -0.15) is 0 Å². The topological polar surface area (TPSA) is 83.0 Å². The van der Waals surface area contributed by atoms with Gasteiger partial charge in [0.25, 0.3) is 5.91 Å². The lowest BCUT2D eigenvalue weighted by Crippen LogP contribution is -2.51. The van der Waals surface area contributed by atoms with Gasteiger partial charge in [-0.25, -0.2) is 9.78 Å². The van der Waals surface area contributed by atoms with Gasteiger partial charge in [-0.05, 0) is 44.0 Å². The van der Waals surface area contributed by atoms with Crippen molar-refractivity contribution in [2.45, 2.75) is 50.9 Å². The Labute approximate surface area is 218 Å². The van der Waals surface area contributed by atoms with Crippen LogP contribution in [0.25, 0.3) is 11.3 Å². The Morgan fingerprint density at radius 2 is 1.76 bits per heavy atom. The van der Waals surface area contributed by atoms with Crippen LogP contribution in [0.1, 0.15) is 61.3 Å². The summed E-state index contributed by atoms with van der Waals surface area (Å²) in [6, 6.07) is 22.7. The number of rotatable bonds is 7. The predicted octanol–water partition coefficient (Wildman–Crippen LogP) is 5.41. The van der Waals surface area contributed by atoms with Gasteiger partial charge in [-0.1, -0.05) is 60.7 Å². The first-order chi connectivity index (χ1) is 17.5. The molecule has 1 aliphatic heterocycles. The maximum absolute atomic E-state index is 13.3. The molecule has 1 fully saturated rings. The molecule has 7 nitrogen and oxygen atoms in total. The van der Waals surface area contributed by atoms with Crippen LogP contribution in [0.3, 0.4) is 0 Å². The van der Waals surface area contributed by atoms with Crippen LogP contribution in [0.2, 0.25) is 0 Å². The first-order valence-corrected chi connectivity index (χ1v) is 12.6. The molecule has 1 saturated heterocycles. The molecule has 1 N–H and O–H groups in total. The van der Waals surface area contributed by atoms with E-state index in [0.717, 1.165) is 16.7 Å². The third-order valence-electron chi connectivity index (χ3n) is 6.82. The van der Waals surface area contributed by atoms with Gasteiger partial charge in [-0.15, -0.1) is 0 Å². The van der Waals surface area contributed by atoms with Gasteiger partial charge in [0.05, 0.1) is 17.3 Å². The average Bonchev–Trinajstić information content (AvgIpc) is 2.87. The highest BCUT2D eigenvalue weighted by atomic mass is 16.6. The number of aliphatic hydroxyl groups is 1. The van der Waals surface area contributed by atoms with Crippen molar-refractivity contribution in [1.29, 1.82) is 0 Å². The van der Waals surface area contributed by atoms with Gasteiger partial charge in [0.2, 0.25) is 0 Å². The molecule has 1 aliphatic rings. The minimum atomic E-state index is -0.998. The van der Waals surface area contributed by atoms with E-state index in [0.29, 0.717) is 30.8 Å². The summed E-state index contributed by atoms with van der Waals surface area (Å²) in [7, 11) is 3.40. The number of aromatic nitrogens is 1. The molecule has 0 aliphatic carbocycles. The molecular formula is C30H35N3O4. The smallest absolute Gasteiger partial charge is 0.411 e. The number of cyclic esters (lactones) is 1. The van der Waals surface area contributed by atoms with Gasteiger partial charge in [-0.3, -0.25) is 4.79 Å². The van der Waals surface area contributed by atoms with Gasteiger partial charge < -0.3 is 19.6 Å². The summed E-state index contributed by atoms with van der Waals surface area (Å²) in [6.07, 6.45) is 0.494. The summed E-state index contributed by atoms with van der Waals surface area (Å²) in [5.74, 6) is -0.146. The summed E-state index contributed by atoms with van der Waals surface area (Å²) >= 11 is 0. The number of hydrogen-bond acceptors (Lipinski definition) is 5. The SMILES string of the molecule is C[C@@H](c1ccc(-c2cccc(C(=O)N(C)C)n2)cc1)N1CC[C@](CC(C)(C)O)(c2ccccc2)OC1=O. The fraction of sp³-hybridized carbons (Fsp3) is 0.367. The highest BCUT2D eigenvalue weighted by molar-refractivity contribution is 5.92. The number of amides is 2. The molecule has 2 amide bonds. The zero-order chi connectivity index (χ0) is 26.8. The van der Waals surface area contributed by atoms with Crippen molar-refractivity contribution < 1.29 is 19.4 Å². The fourth-order valence-corrected chi connectivity index (χ4v) is 4.95. The van der Waals surface area contributed by atoms with E-state index in [-0.39, 0.29) is 11.9 Å². The van der Waals surface area contributed by atoms with Crippen molar-refractivity contribution in [3.8, 4) is 11.3 Å². The number of pyridine rings is 1. The lowest BCUT2D eigenvalue weighted by molar-refractivity contribution is -0.101. The van der Waals surface area contributed by atoms with Crippen LogP contribution in [0.4, 0.5) is 4.79 Å². The zero-order valence-electron chi connectivity index (χ0n) is 22.1. The van der Waals surface area contributed by atoms with Crippen LogP contribution in [0.5, 0.6) is 0 Å². The lowest BCUT2D eigenvalue weighted by atomic mass is 9.80. The molecule has 2 aromatic carbocycles. The molecule has 194 valence electrons. The summed E-state index contributed by atoms with van der Waals surface area (Å²) in [4.78, 5) is 33.3. The molecule has 0 bridgehead atoms. The Kier molecular flexibility index (Phi) is 7.37. The molecule has 2 atom stereocenters. The van der Waals surface area contributed by atoms with E-state index < -0.39 is 17.3 Å². The number of ether oxygens (including phenoxy) is 1. The molecule has 37 heavy (non-hydrogen) atoms. The first-order valence-electron chi connectivity index (χ1n) is 12.6. The second kappa shape index (κ2) is 10.3. The monoisotopic (exact) mass is 501 g/mol. The molecule has 0 spiro atoms. The van der Waals surface area contributed by atoms with Crippen molar-refractivity contribution in [3.05, 3.63) is 89.6 Å². The third-order valence-corrected chi connectivity index (χ3v) is 6.82. The first kappa shape index (κ1) is 26.4. The molecule has 4 rings (SSSR count).